The van der Waals surface area contributed by atoms with E-state index in [0.29, 0.717) is 6.42 Å². The molecule has 0 bridgehead atoms. The number of rotatable bonds is 0. The minimum atomic E-state index is -0.0877. The Morgan fingerprint density at radius 1 is 1.53 bits per heavy atom. The maximum atomic E-state index is 11.6. The molecule has 1 amide bonds. The highest BCUT2D eigenvalue weighted by Gasteiger charge is 2.37. The van der Waals surface area contributed by atoms with Crippen LogP contribution in [0.1, 0.15) is 12.8 Å². The summed E-state index contributed by atoms with van der Waals surface area (Å²) in [5.74, 6) is 0.0877. The highest BCUT2D eigenvalue weighted by Crippen LogP contribution is 2.25. The van der Waals surface area contributed by atoms with Crippen LogP contribution in [0.5, 0.6) is 0 Å². The number of fused-ring (bicyclic) bond motifs is 3. The molecule has 5 heteroatoms. The van der Waals surface area contributed by atoms with Crippen molar-refractivity contribution in [1.29, 1.82) is 0 Å². The van der Waals surface area contributed by atoms with Crippen molar-refractivity contribution in [3.63, 3.8) is 0 Å². The standard InChI is InChI=1S/C10H12N4O/c15-9-4-7-2-1-3-14(7)10-8(13-9)5-11-6-12-10/h1,3,5-8,10H,2,4H2,(H,13,15). The predicted molar refractivity (Wildman–Crippen MR) is 56.7 cm³/mol. The number of carbonyl (C=O) groups excluding carboxylic acids is 1. The van der Waals surface area contributed by atoms with Crippen molar-refractivity contribution in [3.05, 3.63) is 12.3 Å². The summed E-state index contributed by atoms with van der Waals surface area (Å²) in [5, 5.41) is 2.93. The molecule has 5 nitrogen and oxygen atoms in total. The van der Waals surface area contributed by atoms with Crippen LogP contribution in [-0.2, 0) is 4.79 Å². The maximum absolute atomic E-state index is 11.6. The molecule has 0 saturated carbocycles. The maximum Gasteiger partial charge on any atom is 0.222 e. The molecule has 1 fully saturated rings. The van der Waals surface area contributed by atoms with Crippen LogP contribution in [0, 0.1) is 0 Å². The first-order valence-electron chi connectivity index (χ1n) is 5.13. The van der Waals surface area contributed by atoms with Gasteiger partial charge in [-0.25, -0.2) is 9.98 Å². The highest BCUT2D eigenvalue weighted by molar-refractivity contribution is 5.86. The zero-order valence-electron chi connectivity index (χ0n) is 8.21. The molecule has 15 heavy (non-hydrogen) atoms. The first-order valence-corrected chi connectivity index (χ1v) is 5.13. The molecule has 0 spiro atoms. The minimum absolute atomic E-state index is 0.0160. The fourth-order valence-electron chi connectivity index (χ4n) is 2.32. The van der Waals surface area contributed by atoms with E-state index in [1.165, 1.54) is 0 Å². The van der Waals surface area contributed by atoms with E-state index < -0.39 is 0 Å². The smallest absolute Gasteiger partial charge is 0.222 e. The molecule has 78 valence electrons. The van der Waals surface area contributed by atoms with Gasteiger partial charge in [-0.2, -0.15) is 0 Å². The quantitative estimate of drug-likeness (QED) is 0.599. The predicted octanol–water partition coefficient (Wildman–Crippen LogP) is -0.0983. The van der Waals surface area contributed by atoms with Crippen LogP contribution in [0.3, 0.4) is 0 Å². The van der Waals surface area contributed by atoms with Gasteiger partial charge in [0.2, 0.25) is 5.91 Å². The Kier molecular flexibility index (Phi) is 1.83. The Morgan fingerprint density at radius 2 is 2.47 bits per heavy atom. The van der Waals surface area contributed by atoms with Gasteiger partial charge in [-0.15, -0.1) is 0 Å². The van der Waals surface area contributed by atoms with Crippen LogP contribution >= 0.6 is 0 Å². The first-order chi connectivity index (χ1) is 7.34. The van der Waals surface area contributed by atoms with Crippen LogP contribution in [-0.4, -0.2) is 41.6 Å². The third-order valence-corrected chi connectivity index (χ3v) is 3.02. The summed E-state index contributed by atoms with van der Waals surface area (Å²) in [6.07, 6.45) is 8.91. The van der Waals surface area contributed by atoms with E-state index in [-0.39, 0.29) is 24.2 Å². The van der Waals surface area contributed by atoms with Crippen molar-refractivity contribution in [3.8, 4) is 0 Å². The molecule has 1 N–H and O–H groups in total. The summed E-state index contributed by atoms with van der Waals surface area (Å²) in [6.45, 7) is 0. The molecule has 0 radical (unpaired) electrons. The Labute approximate surface area is 87.6 Å². The SMILES string of the molecule is O=C1CC2CC=CN2C2N=CN=CC2N1. The van der Waals surface area contributed by atoms with Crippen molar-refractivity contribution in [2.75, 3.05) is 0 Å². The van der Waals surface area contributed by atoms with Gasteiger partial charge in [0.15, 0.2) is 0 Å². The molecular formula is C10H12N4O. The zero-order valence-corrected chi connectivity index (χ0v) is 8.21. The van der Waals surface area contributed by atoms with E-state index in [9.17, 15) is 4.79 Å². The van der Waals surface area contributed by atoms with Gasteiger partial charge in [0, 0.05) is 18.7 Å². The second-order valence-corrected chi connectivity index (χ2v) is 4.00. The number of hydrogen-bond donors (Lipinski definition) is 1. The fourth-order valence-corrected chi connectivity index (χ4v) is 2.32. The van der Waals surface area contributed by atoms with Crippen molar-refractivity contribution in [2.45, 2.75) is 31.1 Å². The van der Waals surface area contributed by atoms with E-state index in [4.69, 9.17) is 0 Å². The first kappa shape index (κ1) is 8.64. The Hall–Kier alpha value is -1.65. The number of amides is 1. The van der Waals surface area contributed by atoms with Crippen molar-refractivity contribution in [2.24, 2.45) is 9.98 Å². The lowest BCUT2D eigenvalue weighted by atomic mass is 10.1. The van der Waals surface area contributed by atoms with E-state index in [1.807, 2.05) is 6.20 Å². The van der Waals surface area contributed by atoms with E-state index in [1.54, 1.807) is 12.6 Å². The number of nitrogens with one attached hydrogen (secondary N) is 1. The van der Waals surface area contributed by atoms with Crippen molar-refractivity contribution >= 4 is 18.5 Å². The largest absolute Gasteiger partial charge is 0.350 e. The number of carbonyl (C=O) groups is 1. The lowest BCUT2D eigenvalue weighted by molar-refractivity contribution is -0.121. The van der Waals surface area contributed by atoms with Gasteiger partial charge in [-0.3, -0.25) is 4.79 Å². The van der Waals surface area contributed by atoms with Crippen LogP contribution in [0.25, 0.3) is 0 Å². The van der Waals surface area contributed by atoms with Gasteiger partial charge < -0.3 is 10.2 Å². The molecule has 0 aromatic rings. The summed E-state index contributed by atoms with van der Waals surface area (Å²) >= 11 is 0. The molecule has 3 aliphatic heterocycles. The zero-order chi connectivity index (χ0) is 10.3. The molecule has 0 aromatic carbocycles. The molecular weight excluding hydrogens is 192 g/mol. The molecule has 3 heterocycles. The second kappa shape index (κ2) is 3.18. The van der Waals surface area contributed by atoms with Gasteiger partial charge in [0.25, 0.3) is 0 Å². The van der Waals surface area contributed by atoms with Gasteiger partial charge in [-0.1, -0.05) is 6.08 Å². The third kappa shape index (κ3) is 1.35. The highest BCUT2D eigenvalue weighted by atomic mass is 16.1. The normalized spacial score (nSPS) is 37.2. The second-order valence-electron chi connectivity index (χ2n) is 4.00. The van der Waals surface area contributed by atoms with Crippen LogP contribution in [0.2, 0.25) is 0 Å². The summed E-state index contributed by atoms with van der Waals surface area (Å²) in [6, 6.07) is 0.180. The van der Waals surface area contributed by atoms with Gasteiger partial charge in [0.05, 0.1) is 0 Å². The molecule has 3 atom stereocenters. The fraction of sp³-hybridized carbons (Fsp3) is 0.500. The van der Waals surface area contributed by atoms with Gasteiger partial charge in [-0.05, 0) is 12.6 Å². The van der Waals surface area contributed by atoms with Gasteiger partial charge in [0.1, 0.15) is 18.5 Å². The van der Waals surface area contributed by atoms with E-state index >= 15 is 0 Å². The summed E-state index contributed by atoms with van der Waals surface area (Å²) in [4.78, 5) is 22.1. The monoisotopic (exact) mass is 204 g/mol. The molecule has 3 rings (SSSR count). The topological polar surface area (TPSA) is 57.1 Å². The lowest BCUT2D eigenvalue weighted by Gasteiger charge is -2.31. The van der Waals surface area contributed by atoms with Crippen LogP contribution in [0.4, 0.5) is 0 Å². The molecule has 0 aliphatic carbocycles. The Morgan fingerprint density at radius 3 is 3.40 bits per heavy atom. The number of nitrogens with zero attached hydrogens (tertiary/aromatic N) is 3. The summed E-state index contributed by atoms with van der Waals surface area (Å²) < 4.78 is 0. The average molecular weight is 204 g/mol. The molecule has 0 aromatic heterocycles. The average Bonchev–Trinajstić information content (AvgIpc) is 2.62. The van der Waals surface area contributed by atoms with Crippen LogP contribution < -0.4 is 5.32 Å². The molecule has 1 saturated heterocycles. The summed E-state index contributed by atoms with van der Waals surface area (Å²) in [5.41, 5.74) is 0. The lowest BCUT2D eigenvalue weighted by Crippen LogP contribution is -2.48. The van der Waals surface area contributed by atoms with Crippen molar-refractivity contribution < 1.29 is 4.79 Å². The Balaban J connectivity index is 1.95. The van der Waals surface area contributed by atoms with Crippen molar-refractivity contribution in [1.82, 2.24) is 10.2 Å². The van der Waals surface area contributed by atoms with E-state index in [2.05, 4.69) is 26.3 Å². The number of aliphatic imine (C=N–C) groups is 2. The molecule has 3 aliphatic rings. The summed E-state index contributed by atoms with van der Waals surface area (Å²) in [7, 11) is 0. The number of hydrogen-bond acceptors (Lipinski definition) is 4. The van der Waals surface area contributed by atoms with E-state index in [0.717, 1.165) is 6.42 Å². The third-order valence-electron chi connectivity index (χ3n) is 3.02. The minimum Gasteiger partial charge on any atom is -0.350 e. The van der Waals surface area contributed by atoms with Gasteiger partial charge >= 0.3 is 0 Å². The molecule has 3 unspecified atom stereocenters. The Bertz CT molecular complexity index is 374. The van der Waals surface area contributed by atoms with Crippen LogP contribution in [0.15, 0.2) is 22.3 Å².